The summed E-state index contributed by atoms with van der Waals surface area (Å²) in [4.78, 5) is 9.09. The average Bonchev–Trinajstić information content (AvgIpc) is 2.68. The van der Waals surface area contributed by atoms with Gasteiger partial charge in [0.15, 0.2) is 0 Å². The quantitative estimate of drug-likeness (QED) is 0.832. The molecule has 1 aromatic rings. The van der Waals surface area contributed by atoms with E-state index in [1.165, 1.54) is 31.4 Å². The second kappa shape index (κ2) is 4.13. The van der Waals surface area contributed by atoms with Crippen LogP contribution >= 0.6 is 0 Å². The zero-order valence-corrected chi connectivity index (χ0v) is 10.5. The fraction of sp³-hybridized carbons (Fsp3) is 0.692. The maximum absolute atomic E-state index is 6.07. The molecule has 1 aliphatic carbocycles. The van der Waals surface area contributed by atoms with Crippen molar-refractivity contribution in [3.05, 3.63) is 23.3 Å². The summed E-state index contributed by atoms with van der Waals surface area (Å²) < 4.78 is 0. The predicted molar refractivity (Wildman–Crippen MR) is 65.2 cm³/mol. The highest BCUT2D eigenvalue weighted by atomic mass is 15.0. The minimum atomic E-state index is -0.445. The van der Waals surface area contributed by atoms with Crippen molar-refractivity contribution in [3.8, 4) is 0 Å². The second-order valence-electron chi connectivity index (χ2n) is 5.46. The van der Waals surface area contributed by atoms with Gasteiger partial charge in [-0.25, -0.2) is 9.97 Å². The molecule has 0 aromatic carbocycles. The molecule has 1 heterocycles. The van der Waals surface area contributed by atoms with Crippen LogP contribution in [-0.2, 0) is 5.54 Å². The Morgan fingerprint density at radius 1 is 1.25 bits per heavy atom. The molecule has 0 spiro atoms. The van der Waals surface area contributed by atoms with Crippen molar-refractivity contribution in [1.82, 2.24) is 9.97 Å². The van der Waals surface area contributed by atoms with Crippen molar-refractivity contribution in [1.29, 1.82) is 0 Å². The molecule has 3 nitrogen and oxygen atoms in total. The normalized spacial score (nSPS) is 18.0. The summed E-state index contributed by atoms with van der Waals surface area (Å²) in [5, 5.41) is 0. The molecule has 0 saturated heterocycles. The van der Waals surface area contributed by atoms with E-state index in [1.807, 2.05) is 20.8 Å². The van der Waals surface area contributed by atoms with Crippen molar-refractivity contribution in [3.63, 3.8) is 0 Å². The van der Waals surface area contributed by atoms with E-state index in [0.29, 0.717) is 5.92 Å². The molecule has 0 radical (unpaired) electrons. The average molecular weight is 219 g/mol. The molecule has 88 valence electrons. The monoisotopic (exact) mass is 219 g/mol. The summed E-state index contributed by atoms with van der Waals surface area (Å²) in [6.45, 7) is 5.94. The summed E-state index contributed by atoms with van der Waals surface area (Å²) in [7, 11) is 0. The smallest absolute Gasteiger partial charge is 0.148 e. The van der Waals surface area contributed by atoms with Crippen molar-refractivity contribution < 1.29 is 0 Å². The molecular weight excluding hydrogens is 198 g/mol. The van der Waals surface area contributed by atoms with Gasteiger partial charge in [-0.1, -0.05) is 12.8 Å². The number of aryl methyl sites for hydroxylation is 1. The number of nitrogens with zero attached hydrogens (tertiary/aromatic N) is 2. The third-order valence-electron chi connectivity index (χ3n) is 3.22. The van der Waals surface area contributed by atoms with Crippen molar-refractivity contribution in [2.45, 2.75) is 57.9 Å². The van der Waals surface area contributed by atoms with Crippen molar-refractivity contribution in [2.24, 2.45) is 5.73 Å². The molecule has 1 aromatic heterocycles. The number of hydrogen-bond donors (Lipinski definition) is 1. The lowest BCUT2D eigenvalue weighted by molar-refractivity contribution is 0.504. The van der Waals surface area contributed by atoms with Crippen LogP contribution in [0, 0.1) is 6.92 Å². The van der Waals surface area contributed by atoms with Crippen LogP contribution < -0.4 is 5.73 Å². The van der Waals surface area contributed by atoms with Crippen LogP contribution in [-0.4, -0.2) is 9.97 Å². The molecule has 2 N–H and O–H groups in total. The van der Waals surface area contributed by atoms with E-state index in [4.69, 9.17) is 5.73 Å². The van der Waals surface area contributed by atoms with Gasteiger partial charge in [0.2, 0.25) is 0 Å². The highest BCUT2D eigenvalue weighted by Gasteiger charge is 2.23. The Hall–Kier alpha value is -0.960. The minimum Gasteiger partial charge on any atom is -0.319 e. The largest absolute Gasteiger partial charge is 0.319 e. The van der Waals surface area contributed by atoms with Crippen LogP contribution in [0.4, 0.5) is 0 Å². The Bertz CT molecular complexity index is 373. The van der Waals surface area contributed by atoms with Crippen molar-refractivity contribution >= 4 is 0 Å². The summed E-state index contributed by atoms with van der Waals surface area (Å²) >= 11 is 0. The van der Waals surface area contributed by atoms with E-state index in [0.717, 1.165) is 11.5 Å². The Labute approximate surface area is 97.5 Å². The summed E-state index contributed by atoms with van der Waals surface area (Å²) in [6, 6.07) is 2.12. The molecule has 2 rings (SSSR count). The second-order valence-corrected chi connectivity index (χ2v) is 5.46. The highest BCUT2D eigenvalue weighted by molar-refractivity contribution is 5.18. The Morgan fingerprint density at radius 3 is 2.44 bits per heavy atom. The number of rotatable bonds is 2. The van der Waals surface area contributed by atoms with Crippen LogP contribution in [0.25, 0.3) is 0 Å². The van der Waals surface area contributed by atoms with E-state index in [-0.39, 0.29) is 0 Å². The predicted octanol–water partition coefficient (Wildman–Crippen LogP) is 2.64. The standard InChI is InChI=1S/C13H21N3/c1-9-8-11(10-6-4-5-7-10)16-12(15-9)13(2,3)14/h8,10H,4-7,14H2,1-3H3. The van der Waals surface area contributed by atoms with Gasteiger partial charge < -0.3 is 5.73 Å². The van der Waals surface area contributed by atoms with Gasteiger partial charge in [0, 0.05) is 17.3 Å². The van der Waals surface area contributed by atoms with Crippen LogP contribution in [0.15, 0.2) is 6.07 Å². The van der Waals surface area contributed by atoms with Crippen LogP contribution in [0.3, 0.4) is 0 Å². The lowest BCUT2D eigenvalue weighted by atomic mass is 10.0. The van der Waals surface area contributed by atoms with E-state index in [1.54, 1.807) is 0 Å². The van der Waals surface area contributed by atoms with Gasteiger partial charge in [-0.05, 0) is 39.7 Å². The lowest BCUT2D eigenvalue weighted by Crippen LogP contribution is -2.32. The van der Waals surface area contributed by atoms with E-state index < -0.39 is 5.54 Å². The lowest BCUT2D eigenvalue weighted by Gasteiger charge is -2.19. The number of hydrogen-bond acceptors (Lipinski definition) is 3. The third kappa shape index (κ3) is 2.40. The van der Waals surface area contributed by atoms with Crippen LogP contribution in [0.1, 0.15) is 62.7 Å². The maximum Gasteiger partial charge on any atom is 0.148 e. The molecular formula is C13H21N3. The van der Waals surface area contributed by atoms with Gasteiger partial charge in [0.25, 0.3) is 0 Å². The first kappa shape index (κ1) is 11.5. The Balaban J connectivity index is 2.35. The maximum atomic E-state index is 6.07. The van der Waals surface area contributed by atoms with E-state index in [2.05, 4.69) is 16.0 Å². The molecule has 0 amide bonds. The van der Waals surface area contributed by atoms with E-state index in [9.17, 15) is 0 Å². The van der Waals surface area contributed by atoms with Gasteiger partial charge in [0.05, 0.1) is 5.54 Å². The summed E-state index contributed by atoms with van der Waals surface area (Å²) in [5.41, 5.74) is 7.85. The molecule has 0 bridgehead atoms. The first-order valence-electron chi connectivity index (χ1n) is 6.12. The molecule has 0 unspecified atom stereocenters. The van der Waals surface area contributed by atoms with Gasteiger partial charge >= 0.3 is 0 Å². The fourth-order valence-corrected chi connectivity index (χ4v) is 2.31. The van der Waals surface area contributed by atoms with Crippen LogP contribution in [0.5, 0.6) is 0 Å². The highest BCUT2D eigenvalue weighted by Crippen LogP contribution is 2.33. The van der Waals surface area contributed by atoms with Gasteiger partial charge in [0.1, 0.15) is 5.82 Å². The number of nitrogens with two attached hydrogens (primary N) is 1. The molecule has 1 fully saturated rings. The Morgan fingerprint density at radius 2 is 1.88 bits per heavy atom. The first-order valence-corrected chi connectivity index (χ1v) is 6.12. The van der Waals surface area contributed by atoms with Crippen molar-refractivity contribution in [2.75, 3.05) is 0 Å². The fourth-order valence-electron chi connectivity index (χ4n) is 2.31. The molecule has 16 heavy (non-hydrogen) atoms. The molecule has 3 heteroatoms. The number of aromatic nitrogens is 2. The zero-order chi connectivity index (χ0) is 11.8. The topological polar surface area (TPSA) is 51.8 Å². The van der Waals surface area contributed by atoms with Crippen LogP contribution in [0.2, 0.25) is 0 Å². The molecule has 1 saturated carbocycles. The molecule has 0 aliphatic heterocycles. The molecule has 1 aliphatic rings. The van der Waals surface area contributed by atoms with Gasteiger partial charge in [-0.3, -0.25) is 0 Å². The van der Waals surface area contributed by atoms with Gasteiger partial charge in [-0.15, -0.1) is 0 Å². The summed E-state index contributed by atoms with van der Waals surface area (Å²) in [5.74, 6) is 1.40. The first-order chi connectivity index (χ1) is 7.47. The summed E-state index contributed by atoms with van der Waals surface area (Å²) in [6.07, 6.45) is 5.19. The van der Waals surface area contributed by atoms with E-state index >= 15 is 0 Å². The molecule has 0 atom stereocenters. The Kier molecular flexibility index (Phi) is 2.98. The zero-order valence-electron chi connectivity index (χ0n) is 10.5. The minimum absolute atomic E-state index is 0.445. The third-order valence-corrected chi connectivity index (χ3v) is 3.22. The van der Waals surface area contributed by atoms with Gasteiger partial charge in [-0.2, -0.15) is 0 Å². The SMILES string of the molecule is Cc1cc(C2CCCC2)nc(C(C)(C)N)n1.